The van der Waals surface area contributed by atoms with Crippen LogP contribution in [0.15, 0.2) is 77.7 Å². The summed E-state index contributed by atoms with van der Waals surface area (Å²) < 4.78 is 1.74. The number of aromatic amines is 1. The Morgan fingerprint density at radius 3 is 2.65 bits per heavy atom. The van der Waals surface area contributed by atoms with E-state index in [-0.39, 0.29) is 11.1 Å². The molecule has 2 aromatic carbocycles. The third-order valence-corrected chi connectivity index (χ3v) is 4.05. The van der Waals surface area contributed by atoms with Crippen LogP contribution in [0.25, 0.3) is 10.9 Å². The average molecular weight is 344 g/mol. The second kappa shape index (κ2) is 6.68. The number of carbonyl (C=O) groups is 1. The molecule has 0 unspecified atom stereocenters. The lowest BCUT2D eigenvalue weighted by atomic mass is 10.2. The van der Waals surface area contributed by atoms with E-state index in [9.17, 15) is 9.59 Å². The number of anilines is 1. The van der Waals surface area contributed by atoms with Gasteiger partial charge in [-0.3, -0.25) is 14.3 Å². The summed E-state index contributed by atoms with van der Waals surface area (Å²) >= 11 is 0. The summed E-state index contributed by atoms with van der Waals surface area (Å²) in [7, 11) is 0. The molecular formula is C20H16N4O2. The number of rotatable bonds is 4. The molecular weight excluding hydrogens is 328 g/mol. The van der Waals surface area contributed by atoms with Gasteiger partial charge in [0, 0.05) is 29.2 Å². The van der Waals surface area contributed by atoms with Crippen LogP contribution < -0.4 is 10.7 Å². The SMILES string of the molecule is O=C(Nc1ccn(Cc2ccccc2)n1)c1cc(=O)c2ccccc2[nH]1. The fourth-order valence-electron chi connectivity index (χ4n) is 2.79. The molecule has 0 saturated heterocycles. The smallest absolute Gasteiger partial charge is 0.273 e. The second-order valence-electron chi connectivity index (χ2n) is 5.93. The number of pyridine rings is 1. The zero-order valence-corrected chi connectivity index (χ0v) is 13.8. The van der Waals surface area contributed by atoms with Crippen molar-refractivity contribution in [2.45, 2.75) is 6.54 Å². The molecule has 2 heterocycles. The van der Waals surface area contributed by atoms with Gasteiger partial charge in [-0.25, -0.2) is 0 Å². The number of hydrogen-bond donors (Lipinski definition) is 2. The number of benzene rings is 2. The predicted molar refractivity (Wildman–Crippen MR) is 100 cm³/mol. The van der Waals surface area contributed by atoms with Crippen LogP contribution in [0.5, 0.6) is 0 Å². The molecule has 0 saturated carbocycles. The molecule has 6 heteroatoms. The summed E-state index contributed by atoms with van der Waals surface area (Å²) in [6.45, 7) is 0.615. The fraction of sp³-hybridized carbons (Fsp3) is 0.0500. The van der Waals surface area contributed by atoms with E-state index in [2.05, 4.69) is 15.4 Å². The molecule has 1 amide bonds. The van der Waals surface area contributed by atoms with E-state index in [1.54, 1.807) is 35.1 Å². The van der Waals surface area contributed by atoms with Crippen molar-refractivity contribution in [3.63, 3.8) is 0 Å². The van der Waals surface area contributed by atoms with E-state index in [1.165, 1.54) is 6.07 Å². The number of carbonyl (C=O) groups excluding carboxylic acids is 1. The average Bonchev–Trinajstić information content (AvgIpc) is 3.09. The molecule has 0 bridgehead atoms. The summed E-state index contributed by atoms with van der Waals surface area (Å²) in [5.41, 5.74) is 1.75. The normalized spacial score (nSPS) is 10.8. The van der Waals surface area contributed by atoms with Gasteiger partial charge in [0.2, 0.25) is 0 Å². The van der Waals surface area contributed by atoms with Gasteiger partial charge in [0.1, 0.15) is 5.69 Å². The van der Waals surface area contributed by atoms with Gasteiger partial charge in [-0.05, 0) is 17.7 Å². The Morgan fingerprint density at radius 2 is 1.81 bits per heavy atom. The Morgan fingerprint density at radius 1 is 1.04 bits per heavy atom. The van der Waals surface area contributed by atoms with Gasteiger partial charge in [0.25, 0.3) is 5.91 Å². The van der Waals surface area contributed by atoms with Gasteiger partial charge in [-0.1, -0.05) is 42.5 Å². The van der Waals surface area contributed by atoms with Crippen molar-refractivity contribution < 1.29 is 4.79 Å². The van der Waals surface area contributed by atoms with E-state index < -0.39 is 5.91 Å². The maximum Gasteiger partial charge on any atom is 0.273 e. The highest BCUT2D eigenvalue weighted by Crippen LogP contribution is 2.10. The Hall–Kier alpha value is -3.67. The van der Waals surface area contributed by atoms with Crippen LogP contribution in [0, 0.1) is 0 Å². The van der Waals surface area contributed by atoms with Gasteiger partial charge >= 0.3 is 0 Å². The van der Waals surface area contributed by atoms with Crippen LogP contribution in [0.4, 0.5) is 5.82 Å². The molecule has 4 aromatic rings. The van der Waals surface area contributed by atoms with E-state index in [1.807, 2.05) is 36.4 Å². The molecule has 6 nitrogen and oxygen atoms in total. The first-order valence-corrected chi connectivity index (χ1v) is 8.20. The van der Waals surface area contributed by atoms with E-state index in [0.29, 0.717) is 23.3 Å². The molecule has 26 heavy (non-hydrogen) atoms. The van der Waals surface area contributed by atoms with Crippen molar-refractivity contribution in [3.05, 3.63) is 94.4 Å². The third kappa shape index (κ3) is 3.25. The Bertz CT molecular complexity index is 1130. The Kier molecular flexibility index (Phi) is 4.07. The molecule has 2 N–H and O–H groups in total. The fourth-order valence-corrected chi connectivity index (χ4v) is 2.79. The highest BCUT2D eigenvalue weighted by atomic mass is 16.2. The summed E-state index contributed by atoms with van der Waals surface area (Å²) in [5.74, 6) is 0.0257. The van der Waals surface area contributed by atoms with Crippen molar-refractivity contribution >= 4 is 22.6 Å². The van der Waals surface area contributed by atoms with Gasteiger partial charge in [-0.2, -0.15) is 5.10 Å². The van der Waals surface area contributed by atoms with Crippen molar-refractivity contribution in [1.82, 2.24) is 14.8 Å². The van der Waals surface area contributed by atoms with Crippen molar-refractivity contribution in [1.29, 1.82) is 0 Å². The number of H-pyrrole nitrogens is 1. The van der Waals surface area contributed by atoms with Gasteiger partial charge < -0.3 is 10.3 Å². The number of fused-ring (bicyclic) bond motifs is 1. The van der Waals surface area contributed by atoms with Gasteiger partial charge in [0.05, 0.1) is 6.54 Å². The number of hydrogen-bond acceptors (Lipinski definition) is 3. The summed E-state index contributed by atoms with van der Waals surface area (Å²) in [6, 6.07) is 20.0. The van der Waals surface area contributed by atoms with Crippen LogP contribution >= 0.6 is 0 Å². The number of aromatic nitrogens is 3. The lowest BCUT2D eigenvalue weighted by Gasteiger charge is -2.05. The van der Waals surface area contributed by atoms with Crippen LogP contribution in [0.1, 0.15) is 16.1 Å². The second-order valence-corrected chi connectivity index (χ2v) is 5.93. The molecule has 0 aliphatic heterocycles. The first-order valence-electron chi connectivity index (χ1n) is 8.20. The molecule has 0 spiro atoms. The quantitative estimate of drug-likeness (QED) is 0.597. The third-order valence-electron chi connectivity index (χ3n) is 4.05. The summed E-state index contributed by atoms with van der Waals surface area (Å²) in [5, 5.41) is 7.62. The molecule has 0 aliphatic rings. The van der Waals surface area contributed by atoms with Gasteiger partial charge in [-0.15, -0.1) is 0 Å². The number of nitrogens with one attached hydrogen (secondary N) is 2. The largest absolute Gasteiger partial charge is 0.350 e. The maximum atomic E-state index is 12.4. The maximum absolute atomic E-state index is 12.4. The highest BCUT2D eigenvalue weighted by Gasteiger charge is 2.11. The van der Waals surface area contributed by atoms with Crippen LogP contribution in [-0.4, -0.2) is 20.7 Å². The van der Waals surface area contributed by atoms with Crippen molar-refractivity contribution in [2.24, 2.45) is 0 Å². The summed E-state index contributed by atoms with van der Waals surface area (Å²) in [4.78, 5) is 27.6. The molecule has 4 rings (SSSR count). The minimum atomic E-state index is -0.405. The molecule has 0 radical (unpaired) electrons. The van der Waals surface area contributed by atoms with E-state index >= 15 is 0 Å². The van der Waals surface area contributed by atoms with E-state index in [0.717, 1.165) is 5.56 Å². The minimum Gasteiger partial charge on any atom is -0.350 e. The monoisotopic (exact) mass is 344 g/mol. The van der Waals surface area contributed by atoms with Gasteiger partial charge in [0.15, 0.2) is 11.2 Å². The molecule has 128 valence electrons. The number of nitrogens with zero attached hydrogens (tertiary/aromatic N) is 2. The number of para-hydroxylation sites is 1. The van der Waals surface area contributed by atoms with Crippen molar-refractivity contribution in [2.75, 3.05) is 5.32 Å². The first-order chi connectivity index (χ1) is 12.7. The van der Waals surface area contributed by atoms with Crippen LogP contribution in [0.3, 0.4) is 0 Å². The minimum absolute atomic E-state index is 0.195. The topological polar surface area (TPSA) is 79.8 Å². The molecule has 0 fully saturated rings. The molecule has 0 aliphatic carbocycles. The van der Waals surface area contributed by atoms with Crippen molar-refractivity contribution in [3.8, 4) is 0 Å². The highest BCUT2D eigenvalue weighted by molar-refractivity contribution is 6.03. The lowest BCUT2D eigenvalue weighted by Crippen LogP contribution is -2.17. The lowest BCUT2D eigenvalue weighted by molar-refractivity contribution is 0.102. The van der Waals surface area contributed by atoms with E-state index in [4.69, 9.17) is 0 Å². The Labute approximate surface area is 149 Å². The zero-order chi connectivity index (χ0) is 17.9. The molecule has 2 aromatic heterocycles. The van der Waals surface area contributed by atoms with Crippen LogP contribution in [0.2, 0.25) is 0 Å². The zero-order valence-electron chi connectivity index (χ0n) is 13.8. The number of amides is 1. The molecule has 0 atom stereocenters. The summed E-state index contributed by atoms with van der Waals surface area (Å²) in [6.07, 6.45) is 1.80. The predicted octanol–water partition coefficient (Wildman–Crippen LogP) is 3.03. The van der Waals surface area contributed by atoms with Crippen LogP contribution in [-0.2, 0) is 6.54 Å². The Balaban J connectivity index is 1.53. The first kappa shape index (κ1) is 15.8. The standard InChI is InChI=1S/C20H16N4O2/c25-18-12-17(21-16-9-5-4-8-15(16)18)20(26)22-19-10-11-24(23-19)13-14-6-2-1-3-7-14/h1-12H,13H2,(H,21,25)(H,22,23,26).